The second-order valence-corrected chi connectivity index (χ2v) is 3.55. The van der Waals surface area contributed by atoms with Gasteiger partial charge in [-0.25, -0.2) is 0 Å². The summed E-state index contributed by atoms with van der Waals surface area (Å²) in [6.45, 7) is 0.652. The zero-order valence-corrected chi connectivity index (χ0v) is 9.22. The van der Waals surface area contributed by atoms with Gasteiger partial charge < -0.3 is 9.53 Å². The second-order valence-electron chi connectivity index (χ2n) is 3.55. The van der Waals surface area contributed by atoms with Crippen LogP contribution in [0.3, 0.4) is 0 Å². The summed E-state index contributed by atoms with van der Waals surface area (Å²) in [4.78, 5) is 20.5. The molecule has 0 N–H and O–H groups in total. The molecule has 0 aliphatic carbocycles. The number of unbranched alkanes of at least 4 members (excludes halogenated alkanes) is 3. The topological polar surface area (TPSA) is 43.4 Å². The molecule has 0 aromatic heterocycles. The van der Waals surface area contributed by atoms with Gasteiger partial charge in [-0.2, -0.15) is 0 Å². The first kappa shape index (κ1) is 12.4. The molecule has 86 valence electrons. The summed E-state index contributed by atoms with van der Waals surface area (Å²) < 4.78 is 5.48. The van der Waals surface area contributed by atoms with Crippen LogP contribution in [0.15, 0.2) is 24.3 Å². The van der Waals surface area contributed by atoms with Gasteiger partial charge in [-0.3, -0.25) is 4.79 Å². The second kappa shape index (κ2) is 7.63. The molecule has 0 fully saturated rings. The third-order valence-electron chi connectivity index (χ3n) is 2.25. The predicted molar refractivity (Wildman–Crippen MR) is 61.9 cm³/mol. The Balaban J connectivity index is 2.16. The van der Waals surface area contributed by atoms with Crippen LogP contribution in [-0.4, -0.2) is 19.2 Å². The van der Waals surface area contributed by atoms with E-state index in [2.05, 4.69) is 0 Å². The molecule has 0 aliphatic heterocycles. The Kier molecular flexibility index (Phi) is 5.92. The lowest BCUT2D eigenvalue weighted by atomic mass is 10.2. The lowest BCUT2D eigenvalue weighted by Crippen LogP contribution is -1.97. The fraction of sp³-hybridized carbons (Fsp3) is 0.385. The van der Waals surface area contributed by atoms with E-state index in [0.29, 0.717) is 18.6 Å². The summed E-state index contributed by atoms with van der Waals surface area (Å²) in [5, 5.41) is 0. The Morgan fingerprint density at radius 2 is 1.75 bits per heavy atom. The van der Waals surface area contributed by atoms with E-state index in [1.165, 1.54) is 0 Å². The molecule has 0 unspecified atom stereocenters. The van der Waals surface area contributed by atoms with Crippen molar-refractivity contribution in [1.82, 2.24) is 0 Å². The van der Waals surface area contributed by atoms with E-state index in [1.807, 2.05) is 0 Å². The summed E-state index contributed by atoms with van der Waals surface area (Å²) in [5.41, 5.74) is 0.651. The SMILES string of the molecule is O=CCCCCCOc1ccc(C=O)cc1. The minimum Gasteiger partial charge on any atom is -0.494 e. The molecule has 1 rings (SSSR count). The van der Waals surface area contributed by atoms with Gasteiger partial charge in [0.2, 0.25) is 0 Å². The van der Waals surface area contributed by atoms with E-state index < -0.39 is 0 Å². The average Bonchev–Trinajstić information content (AvgIpc) is 2.34. The van der Waals surface area contributed by atoms with Crippen LogP contribution in [0.5, 0.6) is 5.75 Å². The smallest absolute Gasteiger partial charge is 0.150 e. The Bertz CT molecular complexity index is 316. The highest BCUT2D eigenvalue weighted by atomic mass is 16.5. The molecule has 3 heteroatoms. The first-order valence-corrected chi connectivity index (χ1v) is 5.48. The van der Waals surface area contributed by atoms with Crippen molar-refractivity contribution in [3.05, 3.63) is 29.8 Å². The van der Waals surface area contributed by atoms with Gasteiger partial charge in [0.05, 0.1) is 6.61 Å². The Labute approximate surface area is 95.4 Å². The number of aldehydes is 2. The molecular formula is C13H16O3. The van der Waals surface area contributed by atoms with Crippen molar-refractivity contribution >= 4 is 12.6 Å². The van der Waals surface area contributed by atoms with Crippen molar-refractivity contribution in [3.8, 4) is 5.75 Å². The van der Waals surface area contributed by atoms with Crippen molar-refractivity contribution in [3.63, 3.8) is 0 Å². The molecule has 1 aromatic carbocycles. The van der Waals surface area contributed by atoms with Crippen molar-refractivity contribution in [2.24, 2.45) is 0 Å². The molecule has 0 heterocycles. The van der Waals surface area contributed by atoms with E-state index in [9.17, 15) is 9.59 Å². The van der Waals surface area contributed by atoms with Crippen LogP contribution in [0.2, 0.25) is 0 Å². The molecule has 0 radical (unpaired) electrons. The monoisotopic (exact) mass is 220 g/mol. The van der Waals surface area contributed by atoms with E-state index in [1.54, 1.807) is 24.3 Å². The van der Waals surface area contributed by atoms with Crippen LogP contribution in [0.25, 0.3) is 0 Å². The molecule has 0 amide bonds. The Morgan fingerprint density at radius 1 is 1.00 bits per heavy atom. The molecule has 0 saturated heterocycles. The van der Waals surface area contributed by atoms with E-state index in [0.717, 1.165) is 37.6 Å². The normalized spacial score (nSPS) is 9.75. The molecule has 0 aliphatic rings. The molecule has 0 spiro atoms. The number of hydrogen-bond acceptors (Lipinski definition) is 3. The van der Waals surface area contributed by atoms with Gasteiger partial charge in [-0.1, -0.05) is 0 Å². The standard InChI is InChI=1S/C13H16O3/c14-9-3-1-2-4-10-16-13-7-5-12(11-15)6-8-13/h5-9,11H,1-4,10H2. The largest absolute Gasteiger partial charge is 0.494 e. The van der Waals surface area contributed by atoms with Crippen LogP contribution in [0.4, 0.5) is 0 Å². The Morgan fingerprint density at radius 3 is 2.38 bits per heavy atom. The maximum Gasteiger partial charge on any atom is 0.150 e. The van der Waals surface area contributed by atoms with Gasteiger partial charge in [0.15, 0.2) is 0 Å². The number of benzene rings is 1. The summed E-state index contributed by atoms with van der Waals surface area (Å²) in [6.07, 6.45) is 5.27. The van der Waals surface area contributed by atoms with Crippen molar-refractivity contribution in [1.29, 1.82) is 0 Å². The zero-order chi connectivity index (χ0) is 11.6. The molecule has 0 atom stereocenters. The molecule has 3 nitrogen and oxygen atoms in total. The van der Waals surface area contributed by atoms with Crippen LogP contribution in [0, 0.1) is 0 Å². The number of carbonyl (C=O) groups is 2. The number of hydrogen-bond donors (Lipinski definition) is 0. The zero-order valence-electron chi connectivity index (χ0n) is 9.22. The van der Waals surface area contributed by atoms with Crippen LogP contribution < -0.4 is 4.74 Å². The first-order chi connectivity index (χ1) is 7.86. The summed E-state index contributed by atoms with van der Waals surface area (Å²) >= 11 is 0. The highest BCUT2D eigenvalue weighted by Crippen LogP contribution is 2.11. The van der Waals surface area contributed by atoms with Gasteiger partial charge in [0.25, 0.3) is 0 Å². The van der Waals surface area contributed by atoms with Gasteiger partial charge in [-0.05, 0) is 43.5 Å². The summed E-state index contributed by atoms with van der Waals surface area (Å²) in [6, 6.07) is 7.04. The molecule has 16 heavy (non-hydrogen) atoms. The molecular weight excluding hydrogens is 204 g/mol. The third kappa shape index (κ3) is 4.73. The van der Waals surface area contributed by atoms with E-state index >= 15 is 0 Å². The van der Waals surface area contributed by atoms with Gasteiger partial charge in [0.1, 0.15) is 18.3 Å². The minimum absolute atomic E-state index is 0.633. The lowest BCUT2D eigenvalue weighted by molar-refractivity contribution is -0.107. The van der Waals surface area contributed by atoms with Crippen LogP contribution >= 0.6 is 0 Å². The predicted octanol–water partition coefficient (Wildman–Crippen LogP) is 2.64. The number of carbonyl (C=O) groups excluding carboxylic acids is 2. The molecule has 0 bridgehead atoms. The fourth-order valence-electron chi connectivity index (χ4n) is 1.34. The quantitative estimate of drug-likeness (QED) is 0.499. The van der Waals surface area contributed by atoms with E-state index in [4.69, 9.17) is 4.74 Å². The average molecular weight is 220 g/mol. The van der Waals surface area contributed by atoms with Gasteiger partial charge >= 0.3 is 0 Å². The maximum absolute atomic E-state index is 10.4. The van der Waals surface area contributed by atoms with Crippen molar-refractivity contribution < 1.29 is 14.3 Å². The highest BCUT2D eigenvalue weighted by molar-refractivity contribution is 5.74. The van der Waals surface area contributed by atoms with Crippen LogP contribution in [0.1, 0.15) is 36.0 Å². The van der Waals surface area contributed by atoms with E-state index in [-0.39, 0.29) is 0 Å². The van der Waals surface area contributed by atoms with Crippen molar-refractivity contribution in [2.45, 2.75) is 25.7 Å². The van der Waals surface area contributed by atoms with Gasteiger partial charge in [0, 0.05) is 12.0 Å². The number of ether oxygens (including phenoxy) is 1. The fourth-order valence-corrected chi connectivity index (χ4v) is 1.34. The lowest BCUT2D eigenvalue weighted by Gasteiger charge is -2.05. The molecule has 0 saturated carbocycles. The number of rotatable bonds is 8. The summed E-state index contributed by atoms with van der Waals surface area (Å²) in [7, 11) is 0. The first-order valence-electron chi connectivity index (χ1n) is 5.48. The molecule has 1 aromatic rings. The van der Waals surface area contributed by atoms with Crippen LogP contribution in [-0.2, 0) is 4.79 Å². The third-order valence-corrected chi connectivity index (χ3v) is 2.25. The minimum atomic E-state index is 0.633. The van der Waals surface area contributed by atoms with Gasteiger partial charge in [-0.15, -0.1) is 0 Å². The Hall–Kier alpha value is -1.64. The highest BCUT2D eigenvalue weighted by Gasteiger charge is 1.94. The maximum atomic E-state index is 10.4. The van der Waals surface area contributed by atoms with Crippen molar-refractivity contribution in [2.75, 3.05) is 6.61 Å². The summed E-state index contributed by atoms with van der Waals surface area (Å²) in [5.74, 6) is 0.779.